The van der Waals surface area contributed by atoms with E-state index >= 15 is 0 Å². The first kappa shape index (κ1) is 94.9. The van der Waals surface area contributed by atoms with Crippen LogP contribution >= 0.6 is 0 Å². The monoisotopic (exact) mass is 1530 g/mol. The number of aliphatic hydroxyl groups excluding tert-OH is 1. The molecule has 109 heavy (non-hydrogen) atoms. The van der Waals surface area contributed by atoms with E-state index in [1.807, 2.05) is 73.0 Å². The fraction of sp³-hybridized carbons (Fsp3) is 0.558. The van der Waals surface area contributed by atoms with Crippen LogP contribution in [0.2, 0.25) is 0 Å². The van der Waals surface area contributed by atoms with Gasteiger partial charge in [0.1, 0.15) is 39.3 Å². The number of hydrogen-bond acceptors (Lipinski definition) is 29. The number of carboxylic acids is 1. The number of anilines is 1. The Morgan fingerprint density at radius 2 is 1.00 bits per heavy atom. The molecule has 2 amide bonds. The molecule has 11 rings (SSSR count). The zero-order valence-corrected chi connectivity index (χ0v) is 65.3. The molecule has 12 N–H and O–H groups in total. The van der Waals surface area contributed by atoms with Gasteiger partial charge in [0.25, 0.3) is 0 Å². The van der Waals surface area contributed by atoms with E-state index in [0.717, 1.165) is 47.9 Å². The number of nitrogens with two attached hydrogens (primary N) is 2. The van der Waals surface area contributed by atoms with Gasteiger partial charge in [0.15, 0.2) is 41.3 Å². The van der Waals surface area contributed by atoms with Gasteiger partial charge < -0.3 is 72.2 Å². The number of aldehydes is 2. The number of carboxylic acid groups (broad SMARTS) is 1. The number of carbonyl (C=O) groups excluding carboxylic acids is 9. The van der Waals surface area contributed by atoms with Gasteiger partial charge in [-0.15, -0.1) is 0 Å². The third-order valence-electron chi connectivity index (χ3n) is 15.4. The molecule has 6 heterocycles. The third-order valence-corrected chi connectivity index (χ3v) is 15.4. The van der Waals surface area contributed by atoms with Gasteiger partial charge in [-0.1, -0.05) is 21.3 Å². The first-order valence-corrected chi connectivity index (χ1v) is 35.2. The van der Waals surface area contributed by atoms with Gasteiger partial charge in [0, 0.05) is 61.6 Å². The number of rotatable bonds is 17. The van der Waals surface area contributed by atoms with Crippen molar-refractivity contribution in [2.75, 3.05) is 33.0 Å². The van der Waals surface area contributed by atoms with Crippen molar-refractivity contribution in [1.82, 2.24) is 62.0 Å². The molecule has 5 fully saturated rings. The third kappa shape index (κ3) is 33.5. The van der Waals surface area contributed by atoms with Crippen molar-refractivity contribution < 1.29 is 88.0 Å². The number of ether oxygens (including phenoxy) is 6. The van der Waals surface area contributed by atoms with Crippen LogP contribution in [0.3, 0.4) is 0 Å². The normalized spacial score (nSPS) is 15.3. The fourth-order valence-electron chi connectivity index (χ4n) is 9.21. The summed E-state index contributed by atoms with van der Waals surface area (Å²) in [6.45, 7) is 27.2. The van der Waals surface area contributed by atoms with E-state index in [4.69, 9.17) is 45.4 Å². The molecule has 0 spiro atoms. The number of Topliss-reactive ketones (excluding diaryl/α,β-unsaturated/α-hetero) is 1. The summed E-state index contributed by atoms with van der Waals surface area (Å²) in [6, 6.07) is 14.1. The lowest BCUT2D eigenvalue weighted by Crippen LogP contribution is -2.46. The molecule has 0 atom stereocenters. The standard InChI is InChI=1S/C16H20N2O4.C15H18N4O2.C15H24O6.C10H10N4.C10H16O4.C6H6N2O.C2H7N.C2H6O.CH4.H3N.H2/c1-15(2,3)22-14(21)18-16(6-7-16)13(20)9-12-11(10-19)5-4-8-17-12;1-14(2,3)21-13(20)19-15(6-7-15)12-17-9-10-5-4-8-16-11(10)18-12;1-10(2)9-19-13(18)20-12(17)15(6-7-15)8-11(16)21-14(3,4)5;11-10(3-4-10)9-13-6-7-2-1-5-12-8(7)14-9;1-9(2,3)14-7(11)6-10(4-5-10)8(12)13;7-6-5(4-9)2-1-3-8-6;1-3-2;1-2-3;;;/h4-5,8,10H,6-7,9H2,1-3H3,(H,18,21);4-5,8-9H,6-7H2,1-3H3,(H,19,20);10H,6-9H2,1-5H3;1-2,5-6H,3-4,11H2;4-6H2,1-3H3,(H,12,13);1-4H,(H2,7,8);3H,1-2H3;3H,2H2,1H3;1H4;1H3;1H/i;;;;;;;;;;1+1. The lowest BCUT2D eigenvalue weighted by atomic mass is 10.0. The summed E-state index contributed by atoms with van der Waals surface area (Å²) >= 11 is 0. The highest BCUT2D eigenvalue weighted by atomic mass is 16.7. The number of nitrogen functional groups attached to an aromatic ring is 1. The maximum Gasteiger partial charge on any atom is 0.516 e. The van der Waals surface area contributed by atoms with Crippen molar-refractivity contribution in [3.8, 4) is 0 Å². The number of esters is 3. The highest BCUT2D eigenvalue weighted by molar-refractivity contribution is 5.97. The highest BCUT2D eigenvalue weighted by Gasteiger charge is 2.55. The van der Waals surface area contributed by atoms with Gasteiger partial charge >= 0.3 is 42.2 Å². The Kier molecular flexibility index (Phi) is 36.0. The molecular formula is C77H116N14O18. The number of aliphatic carboxylic acids is 1. The van der Waals surface area contributed by atoms with Crippen LogP contribution in [-0.4, -0.2) is 166 Å². The van der Waals surface area contributed by atoms with Crippen LogP contribution in [0.4, 0.5) is 20.2 Å². The summed E-state index contributed by atoms with van der Waals surface area (Å²) in [6.07, 6.45) is 16.2. The van der Waals surface area contributed by atoms with Gasteiger partial charge in [0.05, 0.1) is 53.5 Å². The molecule has 0 radical (unpaired) electrons. The Labute approximate surface area is 639 Å². The van der Waals surface area contributed by atoms with E-state index in [9.17, 15) is 47.9 Å². The molecule has 6 aromatic heterocycles. The lowest BCUT2D eigenvalue weighted by molar-refractivity contribution is -0.161. The van der Waals surface area contributed by atoms with Crippen LogP contribution in [0.15, 0.2) is 85.7 Å². The predicted molar refractivity (Wildman–Crippen MR) is 410 cm³/mol. The van der Waals surface area contributed by atoms with Crippen LogP contribution in [-0.2, 0) is 69.9 Å². The Hall–Kier alpha value is -10.2. The minimum absolute atomic E-state index is 0. The number of nitrogens with one attached hydrogen (secondary N) is 3. The Morgan fingerprint density at radius 1 is 0.587 bits per heavy atom. The summed E-state index contributed by atoms with van der Waals surface area (Å²) in [4.78, 5) is 148. The second-order valence-electron chi connectivity index (χ2n) is 30.7. The van der Waals surface area contributed by atoms with E-state index in [1.165, 1.54) is 6.20 Å². The maximum atomic E-state index is 12.4. The van der Waals surface area contributed by atoms with E-state index in [2.05, 4.69) is 60.6 Å². The Balaban J connectivity index is 0.000000657. The van der Waals surface area contributed by atoms with Crippen molar-refractivity contribution in [3.05, 3.63) is 114 Å². The number of nitrogens with zero attached hydrogens (tertiary/aromatic N) is 8. The van der Waals surface area contributed by atoms with E-state index in [1.54, 1.807) is 124 Å². The van der Waals surface area contributed by atoms with Crippen LogP contribution in [0.25, 0.3) is 22.1 Å². The molecule has 6 aromatic rings. The van der Waals surface area contributed by atoms with Crippen molar-refractivity contribution in [2.45, 2.75) is 234 Å². The molecule has 0 aromatic carbocycles. The summed E-state index contributed by atoms with van der Waals surface area (Å²) in [7, 11) is 3.75. The minimum atomic E-state index is -1.01. The van der Waals surface area contributed by atoms with Gasteiger partial charge in [0.2, 0.25) is 0 Å². The maximum absolute atomic E-state index is 12.4. The zero-order chi connectivity index (χ0) is 80.4. The first-order valence-electron chi connectivity index (χ1n) is 35.2. The van der Waals surface area contributed by atoms with Crippen molar-refractivity contribution in [2.24, 2.45) is 22.5 Å². The molecule has 5 aliphatic carbocycles. The number of amides is 2. The summed E-state index contributed by atoms with van der Waals surface area (Å²) in [5.74, 6) is -0.865. The van der Waals surface area contributed by atoms with E-state index < -0.39 is 86.5 Å². The summed E-state index contributed by atoms with van der Waals surface area (Å²) < 4.78 is 30.2. The van der Waals surface area contributed by atoms with E-state index in [-0.39, 0.29) is 70.5 Å². The number of alkyl carbamates (subject to hydrolysis) is 2. The molecule has 0 aliphatic heterocycles. The van der Waals surface area contributed by atoms with Crippen LogP contribution < -0.4 is 33.6 Å². The second kappa shape index (κ2) is 41.4. The lowest BCUT2D eigenvalue weighted by Gasteiger charge is -2.23. The average molecular weight is 1530 g/mol. The molecule has 602 valence electrons. The Bertz CT molecular complexity index is 4020. The molecule has 5 aliphatic rings. The zero-order valence-electron chi connectivity index (χ0n) is 65.3. The number of aliphatic hydroxyl groups is 1. The minimum Gasteiger partial charge on any atom is -0.481 e. The number of fused-ring (bicyclic) bond motifs is 2. The molecule has 32 nitrogen and oxygen atoms in total. The van der Waals surface area contributed by atoms with E-state index in [0.29, 0.717) is 79.4 Å². The van der Waals surface area contributed by atoms with Gasteiger partial charge in [-0.2, -0.15) is 0 Å². The number of pyridine rings is 4. The summed E-state index contributed by atoms with van der Waals surface area (Å²) in [5, 5.41) is 26.6. The smallest absolute Gasteiger partial charge is 0.481 e. The van der Waals surface area contributed by atoms with Gasteiger partial charge in [-0.05, 0) is 223 Å². The molecule has 5 saturated carbocycles. The van der Waals surface area contributed by atoms with Crippen LogP contribution in [0.5, 0.6) is 0 Å². The Morgan fingerprint density at radius 3 is 1.39 bits per heavy atom. The van der Waals surface area contributed by atoms with Crippen LogP contribution in [0, 0.1) is 16.7 Å². The fourth-order valence-corrected chi connectivity index (χ4v) is 9.21. The number of aromatic nitrogens is 8. The number of carbonyl (C=O) groups is 10. The quantitative estimate of drug-likeness (QED) is 0.0182. The molecule has 32 heteroatoms. The summed E-state index contributed by atoms with van der Waals surface area (Å²) in [5.41, 5.74) is 8.26. The average Bonchev–Trinajstić information content (AvgIpc) is 1.62. The van der Waals surface area contributed by atoms with Crippen molar-refractivity contribution in [3.63, 3.8) is 0 Å². The number of hydrogen-bond donors (Lipinski definition) is 8. The predicted octanol–water partition coefficient (Wildman–Crippen LogP) is 11.3. The molecular weight excluding hydrogens is 1410 g/mol. The molecule has 0 unspecified atom stereocenters. The van der Waals surface area contributed by atoms with Gasteiger partial charge in [-0.3, -0.25) is 38.5 Å². The highest BCUT2D eigenvalue weighted by Crippen LogP contribution is 2.51. The van der Waals surface area contributed by atoms with Crippen LogP contribution in [0.1, 0.15) is 228 Å². The number of ketones is 1. The second-order valence-corrected chi connectivity index (χ2v) is 30.7. The molecule has 0 bridgehead atoms. The largest absolute Gasteiger partial charge is 0.516 e. The topological polar surface area (TPSA) is 493 Å². The molecule has 0 saturated heterocycles. The van der Waals surface area contributed by atoms with Crippen molar-refractivity contribution >= 4 is 88.5 Å². The first-order chi connectivity index (χ1) is 49.9. The van der Waals surface area contributed by atoms with Gasteiger partial charge in [-0.25, -0.2) is 49.3 Å². The SMILES string of the molecule is C.CC(C)(C)OC(=O)CC1(C(=O)O)CC1.CC(C)(C)OC(=O)NC1(C(=O)Cc2ncccc2C=O)CC1.CC(C)(C)OC(=O)NC1(c2ncc3cccnc3n2)CC1.CC(C)COC(=O)OC(=O)C1(CC(=O)OC(C)(C)C)CC1.CCO.CNC.N.NC1(c2ncc3cccnc3n2)CC1.Nc1ncccc1C=O.[2HH]. The van der Waals surface area contributed by atoms with Crippen molar-refractivity contribution in [1.29, 1.82) is 0 Å².